The van der Waals surface area contributed by atoms with Gasteiger partial charge in [-0.25, -0.2) is 9.78 Å². The fraction of sp³-hybridized carbons (Fsp3) is 0.588. The summed E-state index contributed by atoms with van der Waals surface area (Å²) in [6.07, 6.45) is 4.50. The molecule has 2 aromatic heterocycles. The number of thiazole rings is 1. The van der Waals surface area contributed by atoms with Crippen LogP contribution in [-0.4, -0.2) is 31.1 Å². The number of carboxylic acids is 1. The lowest BCUT2D eigenvalue weighted by Crippen LogP contribution is -2.09. The molecule has 0 atom stereocenters. The maximum Gasteiger partial charge on any atom is 0.355 e. The Morgan fingerprint density at radius 3 is 2.50 bits per heavy atom. The highest BCUT2D eigenvalue weighted by Crippen LogP contribution is 2.48. The number of hydrogen-bond acceptors (Lipinski definition) is 5. The second-order valence-electron chi connectivity index (χ2n) is 6.95. The topological polar surface area (TPSA) is 68.0 Å². The Balaban J connectivity index is 1.81. The molecule has 7 heteroatoms. The molecule has 0 saturated heterocycles. The normalized spacial score (nSPS) is 17.7. The van der Waals surface area contributed by atoms with Crippen LogP contribution in [0.5, 0.6) is 0 Å². The van der Waals surface area contributed by atoms with E-state index in [1.54, 1.807) is 16.0 Å². The highest BCUT2D eigenvalue weighted by atomic mass is 32.2. The van der Waals surface area contributed by atoms with Crippen molar-refractivity contribution in [3.8, 4) is 5.13 Å². The van der Waals surface area contributed by atoms with Crippen LogP contribution in [0.1, 0.15) is 78.8 Å². The number of carbonyl (C=O) groups is 1. The van der Waals surface area contributed by atoms with E-state index >= 15 is 0 Å². The maximum atomic E-state index is 11.9. The standard InChI is InChI=1S/C17H21N3O2S2/c1-8(2)23-16-13(11-6-7-11)18-17(24-16)20-14(15(21)22)12(9(3)19-20)10-4-5-10/h8,10-11H,4-7H2,1-3H3,(H,21,22). The molecular formula is C17H21N3O2S2. The van der Waals surface area contributed by atoms with E-state index in [0.717, 1.165) is 29.8 Å². The third-order valence-electron chi connectivity index (χ3n) is 4.39. The van der Waals surface area contributed by atoms with Gasteiger partial charge in [-0.05, 0) is 38.5 Å². The number of nitrogens with zero attached hydrogens (tertiary/aromatic N) is 3. The zero-order valence-electron chi connectivity index (χ0n) is 14.1. The Morgan fingerprint density at radius 2 is 1.96 bits per heavy atom. The van der Waals surface area contributed by atoms with E-state index in [4.69, 9.17) is 4.98 Å². The van der Waals surface area contributed by atoms with Gasteiger partial charge in [0.2, 0.25) is 5.13 Å². The Morgan fingerprint density at radius 1 is 1.29 bits per heavy atom. The molecule has 2 fully saturated rings. The van der Waals surface area contributed by atoms with E-state index in [-0.39, 0.29) is 0 Å². The minimum atomic E-state index is -0.904. The van der Waals surface area contributed by atoms with Crippen LogP contribution in [0.25, 0.3) is 5.13 Å². The summed E-state index contributed by atoms with van der Waals surface area (Å²) in [5, 5.41) is 15.5. The predicted molar refractivity (Wildman–Crippen MR) is 95.9 cm³/mol. The van der Waals surface area contributed by atoms with Crippen molar-refractivity contribution in [2.45, 2.75) is 67.7 Å². The number of hydrogen-bond donors (Lipinski definition) is 1. The largest absolute Gasteiger partial charge is 0.476 e. The van der Waals surface area contributed by atoms with Crippen LogP contribution in [0.2, 0.25) is 0 Å². The van der Waals surface area contributed by atoms with Crippen LogP contribution >= 0.6 is 23.1 Å². The van der Waals surface area contributed by atoms with E-state index < -0.39 is 5.97 Å². The first-order valence-electron chi connectivity index (χ1n) is 8.46. The van der Waals surface area contributed by atoms with Crippen molar-refractivity contribution in [2.75, 3.05) is 0 Å². The summed E-state index contributed by atoms with van der Waals surface area (Å²) in [6, 6.07) is 0. The fourth-order valence-electron chi connectivity index (χ4n) is 3.05. The number of carboxylic acid groups (broad SMARTS) is 1. The maximum absolute atomic E-state index is 11.9. The summed E-state index contributed by atoms with van der Waals surface area (Å²) >= 11 is 3.40. The first-order chi connectivity index (χ1) is 11.5. The molecule has 0 unspecified atom stereocenters. The average Bonchev–Trinajstić information content (AvgIpc) is 3.42. The van der Waals surface area contributed by atoms with E-state index in [0.29, 0.717) is 27.9 Å². The number of aromatic nitrogens is 3. The lowest BCUT2D eigenvalue weighted by molar-refractivity contribution is 0.0685. The molecule has 5 nitrogen and oxygen atoms in total. The van der Waals surface area contributed by atoms with E-state index in [1.807, 2.05) is 18.7 Å². The molecule has 0 bridgehead atoms. The van der Waals surface area contributed by atoms with Crippen molar-refractivity contribution >= 4 is 29.1 Å². The van der Waals surface area contributed by atoms with Gasteiger partial charge in [-0.3, -0.25) is 0 Å². The van der Waals surface area contributed by atoms with E-state index in [1.165, 1.54) is 17.1 Å². The lowest BCUT2D eigenvalue weighted by Gasteiger charge is -2.02. The van der Waals surface area contributed by atoms with Crippen molar-refractivity contribution in [3.05, 3.63) is 22.6 Å². The Hall–Kier alpha value is -1.34. The van der Waals surface area contributed by atoms with Gasteiger partial charge in [0.05, 0.1) is 15.6 Å². The second-order valence-corrected chi connectivity index (χ2v) is 9.77. The molecule has 0 radical (unpaired) electrons. The first-order valence-corrected chi connectivity index (χ1v) is 10.2. The average molecular weight is 364 g/mol. The van der Waals surface area contributed by atoms with Crippen molar-refractivity contribution < 1.29 is 9.90 Å². The Bertz CT molecular complexity index is 801. The van der Waals surface area contributed by atoms with Gasteiger partial charge >= 0.3 is 5.97 Å². The van der Waals surface area contributed by atoms with Crippen LogP contribution in [0.15, 0.2) is 4.21 Å². The third kappa shape index (κ3) is 2.88. The summed E-state index contributed by atoms with van der Waals surface area (Å²) in [5.41, 5.74) is 3.19. The van der Waals surface area contributed by atoms with Crippen molar-refractivity contribution in [2.24, 2.45) is 0 Å². The van der Waals surface area contributed by atoms with Gasteiger partial charge in [0.25, 0.3) is 0 Å². The Labute approximate surface area is 149 Å². The van der Waals surface area contributed by atoms with Gasteiger partial charge in [0.15, 0.2) is 5.69 Å². The van der Waals surface area contributed by atoms with Crippen LogP contribution in [0.4, 0.5) is 0 Å². The molecule has 0 amide bonds. The summed E-state index contributed by atoms with van der Waals surface area (Å²) in [6.45, 7) is 6.26. The molecule has 128 valence electrons. The van der Waals surface area contributed by atoms with Crippen LogP contribution in [0, 0.1) is 6.92 Å². The number of aromatic carboxylic acids is 1. The molecule has 0 spiro atoms. The van der Waals surface area contributed by atoms with Crippen molar-refractivity contribution in [3.63, 3.8) is 0 Å². The van der Waals surface area contributed by atoms with Crippen LogP contribution < -0.4 is 0 Å². The molecular weight excluding hydrogens is 342 g/mol. The molecule has 0 aromatic carbocycles. The monoisotopic (exact) mass is 363 g/mol. The smallest absolute Gasteiger partial charge is 0.355 e. The number of aryl methyl sites for hydroxylation is 1. The first kappa shape index (κ1) is 16.1. The quantitative estimate of drug-likeness (QED) is 0.760. The molecule has 2 aromatic rings. The van der Waals surface area contributed by atoms with Crippen LogP contribution in [0.3, 0.4) is 0 Å². The third-order valence-corrected chi connectivity index (χ3v) is 6.67. The fourth-order valence-corrected chi connectivity index (χ4v) is 5.65. The van der Waals surface area contributed by atoms with Crippen molar-refractivity contribution in [1.29, 1.82) is 0 Å². The summed E-state index contributed by atoms with van der Waals surface area (Å²) in [7, 11) is 0. The molecule has 1 N–H and O–H groups in total. The molecule has 0 aliphatic heterocycles. The highest BCUT2D eigenvalue weighted by Gasteiger charge is 2.36. The van der Waals surface area contributed by atoms with Gasteiger partial charge in [0.1, 0.15) is 0 Å². The zero-order chi connectivity index (χ0) is 17.0. The number of rotatable bonds is 6. The van der Waals surface area contributed by atoms with Gasteiger partial charge in [0, 0.05) is 16.7 Å². The van der Waals surface area contributed by atoms with E-state index in [2.05, 4.69) is 18.9 Å². The van der Waals surface area contributed by atoms with E-state index in [9.17, 15) is 9.90 Å². The summed E-state index contributed by atoms with van der Waals surface area (Å²) in [4.78, 5) is 16.7. The summed E-state index contributed by atoms with van der Waals surface area (Å²) < 4.78 is 2.80. The zero-order valence-corrected chi connectivity index (χ0v) is 15.7. The van der Waals surface area contributed by atoms with Gasteiger partial charge in [-0.1, -0.05) is 25.2 Å². The molecule has 2 heterocycles. The van der Waals surface area contributed by atoms with Crippen LogP contribution in [-0.2, 0) is 0 Å². The highest BCUT2D eigenvalue weighted by molar-refractivity contribution is 8.01. The lowest BCUT2D eigenvalue weighted by atomic mass is 10.1. The SMILES string of the molecule is Cc1nn(-c2nc(C3CC3)c(SC(C)C)s2)c(C(=O)O)c1C1CC1. The second kappa shape index (κ2) is 5.88. The Kier molecular flexibility index (Phi) is 3.95. The van der Waals surface area contributed by atoms with Gasteiger partial charge in [-0.2, -0.15) is 9.78 Å². The number of thioether (sulfide) groups is 1. The summed E-state index contributed by atoms with van der Waals surface area (Å²) in [5.74, 6) is 0.0000449. The van der Waals surface area contributed by atoms with Crippen molar-refractivity contribution in [1.82, 2.24) is 14.8 Å². The molecule has 2 aliphatic rings. The molecule has 2 aliphatic carbocycles. The van der Waals surface area contributed by atoms with Gasteiger partial charge in [-0.15, -0.1) is 11.8 Å². The molecule has 24 heavy (non-hydrogen) atoms. The molecule has 2 saturated carbocycles. The minimum absolute atomic E-state index is 0.312. The van der Waals surface area contributed by atoms with Gasteiger partial charge < -0.3 is 5.11 Å². The minimum Gasteiger partial charge on any atom is -0.476 e. The molecule has 4 rings (SSSR count). The predicted octanol–water partition coefficient (Wildman–Crippen LogP) is 4.59.